The van der Waals surface area contributed by atoms with Crippen molar-refractivity contribution in [3.8, 4) is 0 Å². The lowest BCUT2D eigenvalue weighted by molar-refractivity contribution is -0.142. The minimum absolute atomic E-state index is 0.244. The van der Waals surface area contributed by atoms with Crippen molar-refractivity contribution in [2.24, 2.45) is 5.92 Å². The summed E-state index contributed by atoms with van der Waals surface area (Å²) in [6.45, 7) is 2.37. The van der Waals surface area contributed by atoms with Gasteiger partial charge in [0.1, 0.15) is 6.61 Å². The Morgan fingerprint density at radius 1 is 0.957 bits per heavy atom. The van der Waals surface area contributed by atoms with Gasteiger partial charge in [-0.1, -0.05) is 19.3 Å². The molecule has 0 aromatic heterocycles. The van der Waals surface area contributed by atoms with Gasteiger partial charge in [0.2, 0.25) is 0 Å². The fraction of sp³-hybridized carbons (Fsp3) is 0.933. The van der Waals surface area contributed by atoms with E-state index >= 15 is 0 Å². The second-order valence-corrected chi connectivity index (χ2v) is 8.35. The zero-order valence-electron chi connectivity index (χ0n) is 13.7. The van der Waals surface area contributed by atoms with E-state index in [4.69, 9.17) is 9.84 Å². The van der Waals surface area contributed by atoms with E-state index < -0.39 is 16.2 Å². The van der Waals surface area contributed by atoms with E-state index in [0.29, 0.717) is 32.8 Å². The Hall–Kier alpha value is -0.700. The van der Waals surface area contributed by atoms with Gasteiger partial charge in [-0.2, -0.15) is 17.0 Å². The Kier molecular flexibility index (Phi) is 7.26. The minimum Gasteiger partial charge on any atom is -0.480 e. The molecule has 1 N–H and O–H groups in total. The van der Waals surface area contributed by atoms with Gasteiger partial charge in [-0.15, -0.1) is 0 Å². The molecule has 23 heavy (non-hydrogen) atoms. The molecule has 8 heteroatoms. The molecule has 0 amide bonds. The van der Waals surface area contributed by atoms with Crippen molar-refractivity contribution in [3.05, 3.63) is 0 Å². The van der Waals surface area contributed by atoms with Crippen LogP contribution in [0.25, 0.3) is 0 Å². The van der Waals surface area contributed by atoms with E-state index in [2.05, 4.69) is 0 Å². The Balaban J connectivity index is 1.81. The van der Waals surface area contributed by atoms with E-state index in [9.17, 15) is 13.2 Å². The van der Waals surface area contributed by atoms with Gasteiger partial charge >= 0.3 is 5.97 Å². The molecule has 7 nitrogen and oxygen atoms in total. The van der Waals surface area contributed by atoms with Crippen LogP contribution in [-0.2, 0) is 19.7 Å². The van der Waals surface area contributed by atoms with Crippen molar-refractivity contribution < 1.29 is 23.1 Å². The number of rotatable bonds is 6. The Morgan fingerprint density at radius 3 is 2.04 bits per heavy atom. The normalized spacial score (nSPS) is 23.3. The van der Waals surface area contributed by atoms with Gasteiger partial charge in [-0.25, -0.2) is 4.79 Å². The third-order valence-electron chi connectivity index (χ3n) is 4.62. The number of nitrogens with zero attached hydrogens (tertiary/aromatic N) is 2. The lowest BCUT2D eigenvalue weighted by atomic mass is 9.99. The topological polar surface area (TPSA) is 87.1 Å². The van der Waals surface area contributed by atoms with E-state index in [-0.39, 0.29) is 12.5 Å². The number of carboxylic acid groups (broad SMARTS) is 1. The number of hydrogen-bond donors (Lipinski definition) is 1. The molecule has 0 atom stereocenters. The summed E-state index contributed by atoms with van der Waals surface area (Å²) in [5.41, 5.74) is 0. The van der Waals surface area contributed by atoms with Crippen molar-refractivity contribution >= 4 is 16.2 Å². The molecule has 0 aliphatic carbocycles. The van der Waals surface area contributed by atoms with Crippen LogP contribution in [0.2, 0.25) is 0 Å². The lowest BCUT2D eigenvalue weighted by Gasteiger charge is -2.35. The van der Waals surface area contributed by atoms with Gasteiger partial charge in [-0.3, -0.25) is 0 Å². The van der Waals surface area contributed by atoms with Gasteiger partial charge in [0, 0.05) is 26.2 Å². The lowest BCUT2D eigenvalue weighted by Crippen LogP contribution is -2.48. The summed E-state index contributed by atoms with van der Waals surface area (Å²) < 4.78 is 33.9. The average molecular weight is 348 g/mol. The van der Waals surface area contributed by atoms with E-state index in [1.165, 1.54) is 6.42 Å². The summed E-state index contributed by atoms with van der Waals surface area (Å²) in [6.07, 6.45) is 6.76. The molecule has 0 spiro atoms. The fourth-order valence-electron chi connectivity index (χ4n) is 3.23. The van der Waals surface area contributed by atoms with Crippen LogP contribution in [0.1, 0.15) is 44.9 Å². The second kappa shape index (κ2) is 8.96. The summed E-state index contributed by atoms with van der Waals surface area (Å²) in [4.78, 5) is 10.4. The van der Waals surface area contributed by atoms with Crippen LogP contribution in [-0.4, -0.2) is 67.5 Å². The molecule has 0 bridgehead atoms. The number of ether oxygens (including phenoxy) is 1. The van der Waals surface area contributed by atoms with Gasteiger partial charge < -0.3 is 9.84 Å². The van der Waals surface area contributed by atoms with E-state index in [1.54, 1.807) is 8.61 Å². The molecule has 0 aromatic rings. The van der Waals surface area contributed by atoms with Crippen molar-refractivity contribution in [1.29, 1.82) is 0 Å². The van der Waals surface area contributed by atoms with E-state index in [0.717, 1.165) is 38.5 Å². The molecule has 2 fully saturated rings. The average Bonchev–Trinajstić information content (AvgIpc) is 2.46. The third kappa shape index (κ3) is 5.70. The molecular formula is C15H28N2O5S. The highest BCUT2D eigenvalue weighted by molar-refractivity contribution is 7.86. The van der Waals surface area contributed by atoms with Crippen molar-refractivity contribution in [3.63, 3.8) is 0 Å². The fourth-order valence-corrected chi connectivity index (χ4v) is 4.95. The molecule has 134 valence electrons. The molecule has 0 radical (unpaired) electrons. The first-order chi connectivity index (χ1) is 11.0. The highest BCUT2D eigenvalue weighted by Gasteiger charge is 2.32. The van der Waals surface area contributed by atoms with Crippen LogP contribution in [0, 0.1) is 5.92 Å². The summed E-state index contributed by atoms with van der Waals surface area (Å²) >= 11 is 0. The monoisotopic (exact) mass is 348 g/mol. The Bertz CT molecular complexity index is 466. The zero-order valence-corrected chi connectivity index (χ0v) is 14.5. The molecular weight excluding hydrogens is 320 g/mol. The number of carboxylic acids is 1. The maximum atomic E-state index is 12.8. The largest absolute Gasteiger partial charge is 0.480 e. The predicted molar refractivity (Wildman–Crippen MR) is 86.3 cm³/mol. The zero-order chi connectivity index (χ0) is 16.7. The van der Waals surface area contributed by atoms with Crippen LogP contribution in [0.3, 0.4) is 0 Å². The molecule has 0 unspecified atom stereocenters. The van der Waals surface area contributed by atoms with Crippen molar-refractivity contribution in [2.75, 3.05) is 39.4 Å². The first-order valence-corrected chi connectivity index (χ1v) is 9.94. The molecule has 2 heterocycles. The summed E-state index contributed by atoms with van der Waals surface area (Å²) in [7, 11) is -3.35. The predicted octanol–water partition coefficient (Wildman–Crippen LogP) is 1.31. The summed E-state index contributed by atoms with van der Waals surface area (Å²) in [6, 6.07) is 0. The first kappa shape index (κ1) is 18.6. The van der Waals surface area contributed by atoms with Crippen LogP contribution in [0.15, 0.2) is 0 Å². The van der Waals surface area contributed by atoms with Crippen molar-refractivity contribution in [2.45, 2.75) is 44.9 Å². The van der Waals surface area contributed by atoms with Crippen LogP contribution < -0.4 is 0 Å². The first-order valence-electron chi connectivity index (χ1n) is 8.55. The van der Waals surface area contributed by atoms with Crippen LogP contribution in [0.5, 0.6) is 0 Å². The number of aliphatic carboxylic acids is 1. The van der Waals surface area contributed by atoms with Gasteiger partial charge in [0.15, 0.2) is 0 Å². The standard InChI is InChI=1S/C15H28N2O5S/c18-15(19)13-22-12-14-6-10-17(11-7-14)23(20,21)16-8-4-2-1-3-5-9-16/h14H,1-13H2,(H,18,19). The maximum absolute atomic E-state index is 12.8. The number of carbonyl (C=O) groups is 1. The van der Waals surface area contributed by atoms with E-state index in [1.807, 2.05) is 0 Å². The minimum atomic E-state index is -3.35. The van der Waals surface area contributed by atoms with Gasteiger partial charge in [-0.05, 0) is 31.6 Å². The highest BCUT2D eigenvalue weighted by atomic mass is 32.2. The molecule has 2 rings (SSSR count). The van der Waals surface area contributed by atoms with Gasteiger partial charge in [0.05, 0.1) is 6.61 Å². The Labute approximate surface area is 138 Å². The van der Waals surface area contributed by atoms with Crippen LogP contribution >= 0.6 is 0 Å². The highest BCUT2D eigenvalue weighted by Crippen LogP contribution is 2.23. The quantitative estimate of drug-likeness (QED) is 0.782. The summed E-state index contributed by atoms with van der Waals surface area (Å²) in [5.74, 6) is -0.727. The summed E-state index contributed by atoms with van der Waals surface area (Å²) in [5, 5.41) is 8.56. The van der Waals surface area contributed by atoms with Crippen molar-refractivity contribution in [1.82, 2.24) is 8.61 Å². The smallest absolute Gasteiger partial charge is 0.329 e. The molecule has 2 aliphatic heterocycles. The second-order valence-electron chi connectivity index (χ2n) is 6.43. The SMILES string of the molecule is O=C(O)COCC1CCN(S(=O)(=O)N2CCCCCCC2)CC1. The third-order valence-corrected chi connectivity index (χ3v) is 6.66. The molecule has 0 saturated carbocycles. The molecule has 2 saturated heterocycles. The molecule has 0 aromatic carbocycles. The number of piperidine rings is 1. The maximum Gasteiger partial charge on any atom is 0.329 e. The van der Waals surface area contributed by atoms with Gasteiger partial charge in [0.25, 0.3) is 10.2 Å². The Morgan fingerprint density at radius 2 is 1.48 bits per heavy atom. The molecule has 2 aliphatic rings. The van der Waals surface area contributed by atoms with Crippen LogP contribution in [0.4, 0.5) is 0 Å². The number of hydrogen-bond acceptors (Lipinski definition) is 4.